The van der Waals surface area contributed by atoms with Crippen LogP contribution in [0.25, 0.3) is 11.1 Å². The summed E-state index contributed by atoms with van der Waals surface area (Å²) >= 11 is 4.41. The zero-order valence-corrected chi connectivity index (χ0v) is 22.3. The predicted octanol–water partition coefficient (Wildman–Crippen LogP) is 5.05. The maximum absolute atomic E-state index is 12.9. The number of carboxylic acids is 1. The van der Waals surface area contributed by atoms with E-state index in [1.807, 2.05) is 66.7 Å². The topological polar surface area (TPSA) is 97.1 Å². The quantitative estimate of drug-likeness (QED) is 0.224. The molecule has 0 radical (unpaired) electrons. The molecule has 8 heteroatoms. The summed E-state index contributed by atoms with van der Waals surface area (Å²) in [5, 5.41) is 21.3. The molecule has 0 saturated heterocycles. The Labute approximate surface area is 228 Å². The molecule has 196 valence electrons. The molecule has 1 unspecified atom stereocenters. The molecular weight excluding hydrogens is 496 g/mol. The Bertz CT molecular complexity index is 1370. The van der Waals surface area contributed by atoms with Gasteiger partial charge >= 0.3 is 5.97 Å². The van der Waals surface area contributed by atoms with Gasteiger partial charge in [0.15, 0.2) is 5.82 Å². The summed E-state index contributed by atoms with van der Waals surface area (Å²) in [4.78, 5) is 24.6. The molecule has 0 spiro atoms. The van der Waals surface area contributed by atoms with E-state index in [2.05, 4.69) is 39.6 Å². The number of nitrogens with one attached hydrogen (secondary N) is 1. The molecule has 2 N–H and O–H groups in total. The minimum Gasteiger partial charge on any atom is -0.478 e. The van der Waals surface area contributed by atoms with Gasteiger partial charge in [-0.15, -0.1) is 10.2 Å². The first-order valence-electron chi connectivity index (χ1n) is 12.7. The van der Waals surface area contributed by atoms with E-state index in [9.17, 15) is 14.7 Å². The molecule has 0 fully saturated rings. The number of carbonyl (C=O) groups excluding carboxylic acids is 1. The van der Waals surface area contributed by atoms with Crippen molar-refractivity contribution in [2.45, 2.75) is 39.3 Å². The number of carboxylic acid groups (broad SMARTS) is 1. The van der Waals surface area contributed by atoms with Crippen LogP contribution in [0, 0.1) is 5.92 Å². The molecule has 0 bridgehead atoms. The van der Waals surface area contributed by atoms with E-state index in [1.54, 1.807) is 12.1 Å². The summed E-state index contributed by atoms with van der Waals surface area (Å²) in [6, 6.07) is 24.8. The fraction of sp³-hybridized carbons (Fsp3) is 0.267. The van der Waals surface area contributed by atoms with Gasteiger partial charge in [-0.2, -0.15) is 12.6 Å². The fourth-order valence-corrected chi connectivity index (χ4v) is 4.73. The van der Waals surface area contributed by atoms with E-state index in [0.29, 0.717) is 30.1 Å². The van der Waals surface area contributed by atoms with Crippen molar-refractivity contribution in [1.82, 2.24) is 20.1 Å². The molecule has 4 rings (SSSR count). The first-order valence-corrected chi connectivity index (χ1v) is 13.4. The smallest absolute Gasteiger partial charge is 0.336 e. The number of carbonyl (C=O) groups is 2. The van der Waals surface area contributed by atoms with Gasteiger partial charge in [0.25, 0.3) is 0 Å². The van der Waals surface area contributed by atoms with Gasteiger partial charge in [-0.25, -0.2) is 4.79 Å². The van der Waals surface area contributed by atoms with E-state index in [0.717, 1.165) is 35.4 Å². The lowest BCUT2D eigenvalue weighted by atomic mass is 9.99. The number of benzene rings is 3. The van der Waals surface area contributed by atoms with Crippen LogP contribution in [-0.2, 0) is 30.7 Å². The van der Waals surface area contributed by atoms with E-state index in [1.165, 1.54) is 0 Å². The van der Waals surface area contributed by atoms with Gasteiger partial charge in [0, 0.05) is 12.2 Å². The standard InChI is InChI=1S/C30H32N4O3S/c1-2-8-27-32-33-28(18-31-29(35)24(20-38)17-21-9-4-3-5-10-21)34(27)19-22-13-15-23(16-14-22)25-11-6-7-12-26(25)30(36)37/h3-7,9-16,24,38H,2,8,17-20H2,1H3,(H,31,35)(H,36,37). The number of nitrogens with zero attached hydrogens (tertiary/aromatic N) is 3. The molecule has 38 heavy (non-hydrogen) atoms. The zero-order chi connectivity index (χ0) is 26.9. The lowest BCUT2D eigenvalue weighted by Gasteiger charge is -2.16. The molecule has 0 saturated carbocycles. The van der Waals surface area contributed by atoms with Crippen LogP contribution in [0.1, 0.15) is 46.5 Å². The summed E-state index contributed by atoms with van der Waals surface area (Å²) in [6.07, 6.45) is 2.33. The van der Waals surface area contributed by atoms with Crippen LogP contribution in [0.5, 0.6) is 0 Å². The van der Waals surface area contributed by atoms with E-state index in [-0.39, 0.29) is 23.9 Å². The number of aryl methyl sites for hydroxylation is 1. The lowest BCUT2D eigenvalue weighted by Crippen LogP contribution is -2.33. The molecule has 1 aromatic heterocycles. The SMILES string of the molecule is CCCc1nnc(CNC(=O)C(CS)Cc2ccccc2)n1Cc1ccc(-c2ccccc2C(=O)O)cc1. The number of rotatable bonds is 12. The van der Waals surface area contributed by atoms with Crippen LogP contribution >= 0.6 is 12.6 Å². The second-order valence-corrected chi connectivity index (χ2v) is 9.57. The van der Waals surface area contributed by atoms with Crippen LogP contribution in [0.15, 0.2) is 78.9 Å². The van der Waals surface area contributed by atoms with Crippen molar-refractivity contribution in [2.24, 2.45) is 5.92 Å². The Morgan fingerprint density at radius 1 is 0.921 bits per heavy atom. The summed E-state index contributed by atoms with van der Waals surface area (Å²) < 4.78 is 2.05. The third-order valence-electron chi connectivity index (χ3n) is 6.48. The van der Waals surface area contributed by atoms with Gasteiger partial charge < -0.3 is 15.0 Å². The fourth-order valence-electron chi connectivity index (χ4n) is 4.44. The van der Waals surface area contributed by atoms with Crippen molar-refractivity contribution < 1.29 is 14.7 Å². The van der Waals surface area contributed by atoms with Crippen LogP contribution in [-0.4, -0.2) is 37.5 Å². The summed E-state index contributed by atoms with van der Waals surface area (Å²) in [6.45, 7) is 2.92. The van der Waals surface area contributed by atoms with E-state index in [4.69, 9.17) is 0 Å². The molecule has 0 aliphatic heterocycles. The second kappa shape index (κ2) is 13.1. The average molecular weight is 529 g/mol. The van der Waals surface area contributed by atoms with Crippen LogP contribution < -0.4 is 5.32 Å². The highest BCUT2D eigenvalue weighted by molar-refractivity contribution is 7.80. The summed E-state index contributed by atoms with van der Waals surface area (Å²) in [5.41, 5.74) is 3.93. The normalized spacial score (nSPS) is 11.7. The van der Waals surface area contributed by atoms with Crippen molar-refractivity contribution >= 4 is 24.5 Å². The zero-order valence-electron chi connectivity index (χ0n) is 21.4. The second-order valence-electron chi connectivity index (χ2n) is 9.20. The number of aromatic carboxylic acids is 1. The Balaban J connectivity index is 1.48. The lowest BCUT2D eigenvalue weighted by molar-refractivity contribution is -0.124. The van der Waals surface area contributed by atoms with Gasteiger partial charge in [0.1, 0.15) is 5.82 Å². The monoisotopic (exact) mass is 528 g/mol. The minimum absolute atomic E-state index is 0.0584. The summed E-state index contributed by atoms with van der Waals surface area (Å²) in [5.74, 6) is 0.761. The van der Waals surface area contributed by atoms with Gasteiger partial charge in [-0.3, -0.25) is 4.79 Å². The van der Waals surface area contributed by atoms with Crippen molar-refractivity contribution in [3.63, 3.8) is 0 Å². The molecule has 0 aliphatic rings. The number of amides is 1. The molecule has 0 aliphatic carbocycles. The van der Waals surface area contributed by atoms with E-state index >= 15 is 0 Å². The number of hydrogen-bond acceptors (Lipinski definition) is 5. The first kappa shape index (κ1) is 27.1. The van der Waals surface area contributed by atoms with E-state index < -0.39 is 5.97 Å². The third kappa shape index (κ3) is 6.69. The van der Waals surface area contributed by atoms with Gasteiger partial charge in [-0.05, 0) is 41.2 Å². The van der Waals surface area contributed by atoms with Crippen molar-refractivity contribution in [1.29, 1.82) is 0 Å². The minimum atomic E-state index is -0.950. The third-order valence-corrected chi connectivity index (χ3v) is 6.92. The number of aromatic nitrogens is 3. The summed E-state index contributed by atoms with van der Waals surface area (Å²) in [7, 11) is 0. The van der Waals surface area contributed by atoms with Crippen molar-refractivity contribution in [3.05, 3.63) is 107 Å². The Morgan fingerprint density at radius 3 is 2.29 bits per heavy atom. The van der Waals surface area contributed by atoms with Gasteiger partial charge in [-0.1, -0.05) is 79.7 Å². The van der Waals surface area contributed by atoms with Crippen molar-refractivity contribution in [2.75, 3.05) is 5.75 Å². The Kier molecular flexibility index (Phi) is 9.32. The highest BCUT2D eigenvalue weighted by Crippen LogP contribution is 2.24. The average Bonchev–Trinajstić information content (AvgIpc) is 3.32. The van der Waals surface area contributed by atoms with Gasteiger partial charge in [0.2, 0.25) is 5.91 Å². The first-order chi connectivity index (χ1) is 18.5. The molecule has 1 amide bonds. The molecule has 1 heterocycles. The molecule has 1 atom stereocenters. The Morgan fingerprint density at radius 2 is 1.61 bits per heavy atom. The number of hydrogen-bond donors (Lipinski definition) is 3. The van der Waals surface area contributed by atoms with Crippen LogP contribution in [0.2, 0.25) is 0 Å². The molecule has 4 aromatic rings. The number of thiol groups is 1. The van der Waals surface area contributed by atoms with Crippen LogP contribution in [0.3, 0.4) is 0 Å². The molecule has 7 nitrogen and oxygen atoms in total. The highest BCUT2D eigenvalue weighted by atomic mass is 32.1. The maximum atomic E-state index is 12.9. The van der Waals surface area contributed by atoms with Crippen LogP contribution in [0.4, 0.5) is 0 Å². The molecule has 3 aromatic carbocycles. The van der Waals surface area contributed by atoms with Crippen molar-refractivity contribution in [3.8, 4) is 11.1 Å². The van der Waals surface area contributed by atoms with Gasteiger partial charge in [0.05, 0.1) is 24.6 Å². The predicted molar refractivity (Wildman–Crippen MR) is 151 cm³/mol. The largest absolute Gasteiger partial charge is 0.478 e. The maximum Gasteiger partial charge on any atom is 0.336 e. The molecular formula is C30H32N4O3S. The highest BCUT2D eigenvalue weighted by Gasteiger charge is 2.19. The Hall–Kier alpha value is -3.91.